The highest BCUT2D eigenvalue weighted by molar-refractivity contribution is 5.78. The van der Waals surface area contributed by atoms with E-state index in [2.05, 4.69) is 24.4 Å². The smallest absolute Gasteiger partial charge is 0.323 e. The second kappa shape index (κ2) is 5.53. The lowest BCUT2D eigenvalue weighted by Crippen LogP contribution is -2.52. The SMILES string of the molecule is Cc1cccc(CNC2(C(=O)O)CCCCC2)c1. The van der Waals surface area contributed by atoms with Gasteiger partial charge in [-0.2, -0.15) is 0 Å². The van der Waals surface area contributed by atoms with Crippen molar-refractivity contribution >= 4 is 5.97 Å². The maximum atomic E-state index is 11.5. The van der Waals surface area contributed by atoms with Crippen molar-refractivity contribution in [1.82, 2.24) is 5.32 Å². The molecule has 0 aliphatic heterocycles. The molecule has 18 heavy (non-hydrogen) atoms. The zero-order valence-electron chi connectivity index (χ0n) is 10.9. The number of carboxylic acids is 1. The third kappa shape index (κ3) is 2.91. The molecule has 0 radical (unpaired) electrons. The largest absolute Gasteiger partial charge is 0.480 e. The van der Waals surface area contributed by atoms with Crippen LogP contribution in [0.25, 0.3) is 0 Å². The van der Waals surface area contributed by atoms with Gasteiger partial charge in [0.2, 0.25) is 0 Å². The molecule has 98 valence electrons. The van der Waals surface area contributed by atoms with Gasteiger partial charge in [0.1, 0.15) is 5.54 Å². The first kappa shape index (κ1) is 13.1. The first-order valence-corrected chi connectivity index (χ1v) is 6.66. The van der Waals surface area contributed by atoms with Gasteiger partial charge in [-0.05, 0) is 25.3 Å². The Bertz CT molecular complexity index is 422. The fourth-order valence-electron chi connectivity index (χ4n) is 2.71. The molecule has 1 aliphatic rings. The first-order valence-electron chi connectivity index (χ1n) is 6.66. The van der Waals surface area contributed by atoms with Gasteiger partial charge < -0.3 is 5.11 Å². The van der Waals surface area contributed by atoms with Crippen LogP contribution in [0.4, 0.5) is 0 Å². The third-order valence-electron chi connectivity index (χ3n) is 3.83. The summed E-state index contributed by atoms with van der Waals surface area (Å²) >= 11 is 0. The maximum absolute atomic E-state index is 11.5. The Morgan fingerprint density at radius 1 is 1.33 bits per heavy atom. The standard InChI is InChI=1S/C15H21NO2/c1-12-6-5-7-13(10-12)11-16-15(14(17)18)8-3-2-4-9-15/h5-7,10,16H,2-4,8-9,11H2,1H3,(H,17,18). The highest BCUT2D eigenvalue weighted by atomic mass is 16.4. The van der Waals surface area contributed by atoms with Gasteiger partial charge in [0, 0.05) is 6.54 Å². The Balaban J connectivity index is 2.04. The van der Waals surface area contributed by atoms with Crippen molar-refractivity contribution in [2.45, 2.75) is 51.1 Å². The molecule has 1 aromatic carbocycles. The van der Waals surface area contributed by atoms with Crippen LogP contribution in [-0.2, 0) is 11.3 Å². The van der Waals surface area contributed by atoms with Crippen molar-refractivity contribution in [2.75, 3.05) is 0 Å². The molecule has 0 bridgehead atoms. The second-order valence-electron chi connectivity index (χ2n) is 5.29. The molecule has 1 aliphatic carbocycles. The average molecular weight is 247 g/mol. The number of hydrogen-bond acceptors (Lipinski definition) is 2. The lowest BCUT2D eigenvalue weighted by atomic mass is 9.81. The normalized spacial score (nSPS) is 18.5. The highest BCUT2D eigenvalue weighted by Gasteiger charge is 2.38. The molecular formula is C15H21NO2. The van der Waals surface area contributed by atoms with Gasteiger partial charge in [-0.3, -0.25) is 10.1 Å². The zero-order chi connectivity index (χ0) is 13.0. The summed E-state index contributed by atoms with van der Waals surface area (Å²) in [7, 11) is 0. The van der Waals surface area contributed by atoms with E-state index in [1.807, 2.05) is 12.1 Å². The molecule has 0 amide bonds. The fraction of sp³-hybridized carbons (Fsp3) is 0.533. The molecule has 0 heterocycles. The van der Waals surface area contributed by atoms with Crippen LogP contribution >= 0.6 is 0 Å². The lowest BCUT2D eigenvalue weighted by molar-refractivity contribution is -0.146. The minimum Gasteiger partial charge on any atom is -0.480 e. The summed E-state index contributed by atoms with van der Waals surface area (Å²) < 4.78 is 0. The van der Waals surface area contributed by atoms with Crippen LogP contribution in [0, 0.1) is 6.92 Å². The molecular weight excluding hydrogens is 226 g/mol. The van der Waals surface area contributed by atoms with Crippen LogP contribution in [0.15, 0.2) is 24.3 Å². The number of aryl methyl sites for hydroxylation is 1. The summed E-state index contributed by atoms with van der Waals surface area (Å²) in [6.07, 6.45) is 4.66. The number of aliphatic carboxylic acids is 1. The van der Waals surface area contributed by atoms with E-state index in [1.54, 1.807) is 0 Å². The third-order valence-corrected chi connectivity index (χ3v) is 3.83. The van der Waals surface area contributed by atoms with Crippen LogP contribution in [0.1, 0.15) is 43.2 Å². The average Bonchev–Trinajstić information content (AvgIpc) is 2.37. The molecule has 0 saturated heterocycles. The summed E-state index contributed by atoms with van der Waals surface area (Å²) in [5.41, 5.74) is 1.66. The van der Waals surface area contributed by atoms with Crippen LogP contribution in [-0.4, -0.2) is 16.6 Å². The van der Waals surface area contributed by atoms with Gasteiger partial charge in [0.15, 0.2) is 0 Å². The maximum Gasteiger partial charge on any atom is 0.323 e. The minimum atomic E-state index is -0.706. The molecule has 0 unspecified atom stereocenters. The van der Waals surface area contributed by atoms with Gasteiger partial charge >= 0.3 is 5.97 Å². The molecule has 0 atom stereocenters. The van der Waals surface area contributed by atoms with E-state index in [0.29, 0.717) is 6.54 Å². The minimum absolute atomic E-state index is 0.633. The van der Waals surface area contributed by atoms with Gasteiger partial charge in [0.05, 0.1) is 0 Å². The number of nitrogens with one attached hydrogen (secondary N) is 1. The molecule has 0 spiro atoms. The summed E-state index contributed by atoms with van der Waals surface area (Å²) in [5, 5.41) is 12.7. The molecule has 3 nitrogen and oxygen atoms in total. The Morgan fingerprint density at radius 3 is 2.67 bits per heavy atom. The number of carbonyl (C=O) groups is 1. The summed E-state index contributed by atoms with van der Waals surface area (Å²) in [4.78, 5) is 11.5. The second-order valence-corrected chi connectivity index (χ2v) is 5.29. The molecule has 2 N–H and O–H groups in total. The van der Waals surface area contributed by atoms with E-state index in [9.17, 15) is 9.90 Å². The summed E-state index contributed by atoms with van der Waals surface area (Å²) in [5.74, 6) is -0.699. The number of carboxylic acid groups (broad SMARTS) is 1. The van der Waals surface area contributed by atoms with Gasteiger partial charge in [-0.15, -0.1) is 0 Å². The lowest BCUT2D eigenvalue weighted by Gasteiger charge is -2.34. The van der Waals surface area contributed by atoms with Crippen LogP contribution < -0.4 is 5.32 Å². The molecule has 2 rings (SSSR count). The Labute approximate surface area is 108 Å². The number of benzene rings is 1. The predicted molar refractivity (Wildman–Crippen MR) is 71.5 cm³/mol. The molecule has 1 fully saturated rings. The Hall–Kier alpha value is -1.35. The van der Waals surface area contributed by atoms with Crippen molar-refractivity contribution in [2.24, 2.45) is 0 Å². The topological polar surface area (TPSA) is 49.3 Å². The highest BCUT2D eigenvalue weighted by Crippen LogP contribution is 2.28. The van der Waals surface area contributed by atoms with Crippen molar-refractivity contribution < 1.29 is 9.90 Å². The van der Waals surface area contributed by atoms with Crippen molar-refractivity contribution in [1.29, 1.82) is 0 Å². The first-order chi connectivity index (χ1) is 8.62. The predicted octanol–water partition coefficient (Wildman–Crippen LogP) is 2.87. The van der Waals surface area contributed by atoms with Gasteiger partial charge in [-0.25, -0.2) is 0 Å². The van der Waals surface area contributed by atoms with E-state index >= 15 is 0 Å². The van der Waals surface area contributed by atoms with Gasteiger partial charge in [0.25, 0.3) is 0 Å². The molecule has 0 aromatic heterocycles. The van der Waals surface area contributed by atoms with E-state index in [0.717, 1.165) is 37.7 Å². The van der Waals surface area contributed by atoms with E-state index in [-0.39, 0.29) is 0 Å². The zero-order valence-corrected chi connectivity index (χ0v) is 10.9. The summed E-state index contributed by atoms with van der Waals surface area (Å²) in [6, 6.07) is 8.21. The molecule has 3 heteroatoms. The fourth-order valence-corrected chi connectivity index (χ4v) is 2.71. The van der Waals surface area contributed by atoms with E-state index in [4.69, 9.17) is 0 Å². The number of hydrogen-bond donors (Lipinski definition) is 2. The molecule has 1 aromatic rings. The van der Waals surface area contributed by atoms with Crippen molar-refractivity contribution in [3.63, 3.8) is 0 Å². The monoisotopic (exact) mass is 247 g/mol. The van der Waals surface area contributed by atoms with Crippen molar-refractivity contribution in [3.05, 3.63) is 35.4 Å². The van der Waals surface area contributed by atoms with Crippen LogP contribution in [0.5, 0.6) is 0 Å². The summed E-state index contributed by atoms with van der Waals surface area (Å²) in [6.45, 7) is 2.69. The van der Waals surface area contributed by atoms with Crippen LogP contribution in [0.2, 0.25) is 0 Å². The van der Waals surface area contributed by atoms with Crippen LogP contribution in [0.3, 0.4) is 0 Å². The van der Waals surface area contributed by atoms with E-state index < -0.39 is 11.5 Å². The van der Waals surface area contributed by atoms with E-state index in [1.165, 1.54) is 5.56 Å². The molecule has 1 saturated carbocycles. The Kier molecular flexibility index (Phi) is 4.02. The van der Waals surface area contributed by atoms with Gasteiger partial charge in [-0.1, -0.05) is 49.1 Å². The quantitative estimate of drug-likeness (QED) is 0.860. The number of rotatable bonds is 4. The van der Waals surface area contributed by atoms with Crippen molar-refractivity contribution in [3.8, 4) is 0 Å². The Morgan fingerprint density at radius 2 is 2.06 bits per heavy atom.